The molecule has 0 amide bonds. The third kappa shape index (κ3) is 2.52. The molecule has 5 heteroatoms. The van der Waals surface area contributed by atoms with E-state index < -0.39 is 0 Å². The molecule has 0 saturated carbocycles. The van der Waals surface area contributed by atoms with Crippen molar-refractivity contribution >= 4 is 28.9 Å². The molecule has 0 radical (unpaired) electrons. The molecule has 0 aliphatic rings. The molecule has 0 unspecified atom stereocenters. The summed E-state index contributed by atoms with van der Waals surface area (Å²) in [5.74, 6) is 0. The molecule has 1 aromatic heterocycles. The summed E-state index contributed by atoms with van der Waals surface area (Å²) in [4.78, 5) is 4.18. The predicted molar refractivity (Wildman–Crippen MR) is 70.0 cm³/mol. The van der Waals surface area contributed by atoms with Gasteiger partial charge in [0.15, 0.2) is 0 Å². The fourth-order valence-electron chi connectivity index (χ4n) is 1.49. The smallest absolute Gasteiger partial charge is 0.0722 e. The van der Waals surface area contributed by atoms with E-state index in [4.69, 9.17) is 34.0 Å². The third-order valence-corrected chi connectivity index (χ3v) is 2.96. The highest BCUT2D eigenvalue weighted by molar-refractivity contribution is 6.35. The number of halogens is 2. The van der Waals surface area contributed by atoms with Gasteiger partial charge in [0.1, 0.15) is 0 Å². The van der Waals surface area contributed by atoms with E-state index in [9.17, 15) is 0 Å². The number of aliphatic hydroxyl groups is 1. The monoisotopic (exact) mass is 268 g/mol. The van der Waals surface area contributed by atoms with E-state index in [1.807, 2.05) is 0 Å². The summed E-state index contributed by atoms with van der Waals surface area (Å²) < 4.78 is 0. The topological polar surface area (TPSA) is 59.1 Å². The number of hydrogen-bond acceptors (Lipinski definition) is 3. The second-order valence-electron chi connectivity index (χ2n) is 3.55. The van der Waals surface area contributed by atoms with Crippen LogP contribution in [0.4, 0.5) is 5.69 Å². The van der Waals surface area contributed by atoms with Crippen molar-refractivity contribution in [3.8, 4) is 11.3 Å². The van der Waals surface area contributed by atoms with Crippen LogP contribution < -0.4 is 5.73 Å². The molecule has 17 heavy (non-hydrogen) atoms. The van der Waals surface area contributed by atoms with Crippen LogP contribution in [0.2, 0.25) is 10.0 Å². The lowest BCUT2D eigenvalue weighted by molar-refractivity contribution is 0.282. The lowest BCUT2D eigenvalue weighted by Gasteiger charge is -2.07. The number of benzene rings is 1. The SMILES string of the molecule is Nc1cnc(-c2cc(Cl)ccc2Cl)cc1CO. The van der Waals surface area contributed by atoms with Crippen LogP contribution in [-0.4, -0.2) is 10.1 Å². The number of nitrogens with two attached hydrogens (primary N) is 1. The predicted octanol–water partition coefficient (Wildman–Crippen LogP) is 3.13. The van der Waals surface area contributed by atoms with Gasteiger partial charge < -0.3 is 10.8 Å². The molecule has 88 valence electrons. The van der Waals surface area contributed by atoms with Crippen LogP contribution in [-0.2, 0) is 6.61 Å². The van der Waals surface area contributed by atoms with Crippen LogP contribution in [0.5, 0.6) is 0 Å². The molecule has 3 N–H and O–H groups in total. The van der Waals surface area contributed by atoms with Crippen molar-refractivity contribution in [3.63, 3.8) is 0 Å². The van der Waals surface area contributed by atoms with E-state index in [-0.39, 0.29) is 6.61 Å². The fourth-order valence-corrected chi connectivity index (χ4v) is 1.87. The number of anilines is 1. The van der Waals surface area contributed by atoms with Crippen LogP contribution in [0.25, 0.3) is 11.3 Å². The largest absolute Gasteiger partial charge is 0.397 e. The van der Waals surface area contributed by atoms with Crippen LogP contribution >= 0.6 is 23.2 Å². The molecule has 2 aromatic rings. The maximum absolute atomic E-state index is 9.15. The third-order valence-electron chi connectivity index (χ3n) is 2.40. The van der Waals surface area contributed by atoms with Gasteiger partial charge in [0.05, 0.1) is 29.2 Å². The first kappa shape index (κ1) is 12.2. The van der Waals surface area contributed by atoms with Crippen molar-refractivity contribution in [2.75, 3.05) is 5.73 Å². The molecule has 0 bridgehead atoms. The summed E-state index contributed by atoms with van der Waals surface area (Å²) >= 11 is 12.0. The number of nitrogen functional groups attached to an aromatic ring is 1. The Labute approximate surface area is 109 Å². The molecule has 0 saturated heterocycles. The van der Waals surface area contributed by atoms with Crippen LogP contribution in [0.3, 0.4) is 0 Å². The number of rotatable bonds is 2. The summed E-state index contributed by atoms with van der Waals surface area (Å²) in [6.07, 6.45) is 1.50. The number of aromatic nitrogens is 1. The van der Waals surface area contributed by atoms with Gasteiger partial charge in [0, 0.05) is 16.1 Å². The fraction of sp³-hybridized carbons (Fsp3) is 0.0833. The highest BCUT2D eigenvalue weighted by atomic mass is 35.5. The van der Waals surface area contributed by atoms with Crippen molar-refractivity contribution in [2.24, 2.45) is 0 Å². The van der Waals surface area contributed by atoms with Gasteiger partial charge in [0.2, 0.25) is 0 Å². The Morgan fingerprint density at radius 3 is 2.71 bits per heavy atom. The first-order valence-electron chi connectivity index (χ1n) is 4.92. The lowest BCUT2D eigenvalue weighted by atomic mass is 10.1. The Bertz CT molecular complexity index is 558. The average Bonchev–Trinajstić information content (AvgIpc) is 2.33. The quantitative estimate of drug-likeness (QED) is 0.880. The maximum Gasteiger partial charge on any atom is 0.0722 e. The number of pyridine rings is 1. The van der Waals surface area contributed by atoms with E-state index >= 15 is 0 Å². The highest BCUT2D eigenvalue weighted by Crippen LogP contribution is 2.30. The molecule has 2 rings (SSSR count). The molecule has 0 aliphatic heterocycles. The van der Waals surface area contributed by atoms with Crippen LogP contribution in [0.15, 0.2) is 30.5 Å². The summed E-state index contributed by atoms with van der Waals surface area (Å²) in [6.45, 7) is -0.139. The van der Waals surface area contributed by atoms with Crippen LogP contribution in [0.1, 0.15) is 5.56 Å². The van der Waals surface area contributed by atoms with Crippen molar-refractivity contribution in [1.82, 2.24) is 4.98 Å². The van der Waals surface area contributed by atoms with Crippen molar-refractivity contribution < 1.29 is 5.11 Å². The second-order valence-corrected chi connectivity index (χ2v) is 4.39. The second kappa shape index (κ2) is 4.92. The van der Waals surface area contributed by atoms with E-state index in [2.05, 4.69) is 4.98 Å². The van der Waals surface area contributed by atoms with Gasteiger partial charge in [-0.25, -0.2) is 0 Å². The summed E-state index contributed by atoms with van der Waals surface area (Å²) in [6, 6.07) is 6.84. The summed E-state index contributed by atoms with van der Waals surface area (Å²) in [7, 11) is 0. The van der Waals surface area contributed by atoms with Gasteiger partial charge in [0.25, 0.3) is 0 Å². The molecular formula is C12H10Cl2N2O. The van der Waals surface area contributed by atoms with Gasteiger partial charge in [-0.3, -0.25) is 4.98 Å². The Morgan fingerprint density at radius 1 is 1.24 bits per heavy atom. The minimum absolute atomic E-state index is 0.139. The van der Waals surface area contributed by atoms with Gasteiger partial charge in [-0.15, -0.1) is 0 Å². The van der Waals surface area contributed by atoms with Gasteiger partial charge >= 0.3 is 0 Å². The Hall–Kier alpha value is -1.29. The Kier molecular flexibility index (Phi) is 3.52. The van der Waals surface area contributed by atoms with Crippen molar-refractivity contribution in [3.05, 3.63) is 46.1 Å². The molecule has 0 atom stereocenters. The number of hydrogen-bond donors (Lipinski definition) is 2. The molecule has 1 heterocycles. The number of aliphatic hydroxyl groups excluding tert-OH is 1. The van der Waals surface area contributed by atoms with E-state index in [1.54, 1.807) is 24.3 Å². The zero-order chi connectivity index (χ0) is 12.4. The minimum Gasteiger partial charge on any atom is -0.397 e. The summed E-state index contributed by atoms with van der Waals surface area (Å²) in [5.41, 5.74) is 8.09. The Morgan fingerprint density at radius 2 is 2.00 bits per heavy atom. The molecular weight excluding hydrogens is 259 g/mol. The Balaban J connectivity index is 2.56. The van der Waals surface area contributed by atoms with E-state index in [0.29, 0.717) is 32.6 Å². The molecule has 3 nitrogen and oxygen atoms in total. The first-order valence-corrected chi connectivity index (χ1v) is 5.68. The molecule has 0 fully saturated rings. The molecule has 0 spiro atoms. The molecule has 0 aliphatic carbocycles. The van der Waals surface area contributed by atoms with Gasteiger partial charge in [-0.1, -0.05) is 23.2 Å². The van der Waals surface area contributed by atoms with Gasteiger partial charge in [-0.05, 0) is 24.3 Å². The zero-order valence-corrected chi connectivity index (χ0v) is 10.3. The van der Waals surface area contributed by atoms with Crippen molar-refractivity contribution in [1.29, 1.82) is 0 Å². The summed E-state index contributed by atoms with van der Waals surface area (Å²) in [5, 5.41) is 10.3. The zero-order valence-electron chi connectivity index (χ0n) is 8.82. The standard InChI is InChI=1S/C12H10Cl2N2O/c13-8-1-2-10(14)9(4-8)12-3-7(6-17)11(15)5-16-12/h1-5,17H,6,15H2. The normalized spacial score (nSPS) is 10.5. The number of nitrogens with zero attached hydrogens (tertiary/aromatic N) is 1. The highest BCUT2D eigenvalue weighted by Gasteiger charge is 2.08. The van der Waals surface area contributed by atoms with E-state index in [0.717, 1.165) is 0 Å². The average molecular weight is 269 g/mol. The van der Waals surface area contributed by atoms with E-state index in [1.165, 1.54) is 6.20 Å². The minimum atomic E-state index is -0.139. The van der Waals surface area contributed by atoms with Crippen molar-refractivity contribution in [2.45, 2.75) is 6.61 Å². The van der Waals surface area contributed by atoms with Gasteiger partial charge in [-0.2, -0.15) is 0 Å². The molecule has 1 aromatic carbocycles. The van der Waals surface area contributed by atoms with Crippen LogP contribution in [0, 0.1) is 0 Å². The maximum atomic E-state index is 9.15. The lowest BCUT2D eigenvalue weighted by Crippen LogP contribution is -1.97. The first-order chi connectivity index (χ1) is 8.11.